The molecule has 1 heterocycles. The highest BCUT2D eigenvalue weighted by atomic mass is 127. The normalized spacial score (nSPS) is 10.9. The molecule has 0 bridgehead atoms. The number of furan rings is 1. The molecule has 2 aromatic rings. The molecule has 0 radical (unpaired) electrons. The number of hydrogen-bond acceptors (Lipinski definition) is 3. The Labute approximate surface area is 147 Å². The number of benzene rings is 1. The number of halogens is 1. The summed E-state index contributed by atoms with van der Waals surface area (Å²) in [5.74, 6) is 2.00. The molecule has 0 amide bonds. The molecule has 0 atom stereocenters. The van der Waals surface area contributed by atoms with Gasteiger partial charge in [-0.3, -0.25) is 0 Å². The third-order valence-electron chi connectivity index (χ3n) is 2.94. The first-order valence-electron chi connectivity index (χ1n) is 7.10. The Morgan fingerprint density at radius 2 is 1.95 bits per heavy atom. The second-order valence-electron chi connectivity index (χ2n) is 4.62. The quantitative estimate of drug-likeness (QED) is 0.386. The lowest BCUT2D eigenvalue weighted by atomic mass is 10.2. The van der Waals surface area contributed by atoms with Crippen molar-refractivity contribution in [3.05, 3.63) is 54.0 Å². The van der Waals surface area contributed by atoms with Crippen LogP contribution in [0.25, 0.3) is 0 Å². The van der Waals surface area contributed by atoms with Gasteiger partial charge in [0.05, 0.1) is 12.8 Å². The molecule has 0 unspecified atom stereocenters. The summed E-state index contributed by atoms with van der Waals surface area (Å²) < 4.78 is 5.29. The van der Waals surface area contributed by atoms with E-state index in [9.17, 15) is 5.11 Å². The third kappa shape index (κ3) is 6.38. The Morgan fingerprint density at radius 3 is 2.59 bits per heavy atom. The fourth-order valence-electron chi connectivity index (χ4n) is 1.87. The lowest BCUT2D eigenvalue weighted by molar-refractivity contribution is 0.475. The van der Waals surface area contributed by atoms with E-state index in [1.807, 2.05) is 31.2 Å². The highest BCUT2D eigenvalue weighted by Gasteiger charge is 1.99. The SMILES string of the molecule is CCNC(=NCc1ccc(O)cc1)NCCc1ccco1.I. The molecule has 0 aliphatic heterocycles. The molecular weight excluding hydrogens is 393 g/mol. The molecule has 0 spiro atoms. The van der Waals surface area contributed by atoms with Crippen molar-refractivity contribution in [3.63, 3.8) is 0 Å². The average molecular weight is 415 g/mol. The third-order valence-corrected chi connectivity index (χ3v) is 2.94. The van der Waals surface area contributed by atoms with Crippen molar-refractivity contribution >= 4 is 29.9 Å². The number of guanidine groups is 1. The topological polar surface area (TPSA) is 69.8 Å². The molecule has 1 aromatic carbocycles. The van der Waals surface area contributed by atoms with Crippen LogP contribution in [0.5, 0.6) is 5.75 Å². The summed E-state index contributed by atoms with van der Waals surface area (Å²) in [6.45, 7) is 4.16. The zero-order valence-corrected chi connectivity index (χ0v) is 14.9. The van der Waals surface area contributed by atoms with Crippen molar-refractivity contribution in [2.24, 2.45) is 4.99 Å². The number of aromatic hydroxyl groups is 1. The van der Waals surface area contributed by atoms with Gasteiger partial charge in [-0.1, -0.05) is 12.1 Å². The fraction of sp³-hybridized carbons (Fsp3) is 0.312. The molecule has 1 aromatic heterocycles. The first-order chi connectivity index (χ1) is 10.3. The van der Waals surface area contributed by atoms with Gasteiger partial charge < -0.3 is 20.2 Å². The minimum atomic E-state index is 0. The van der Waals surface area contributed by atoms with E-state index in [1.165, 1.54) is 0 Å². The minimum absolute atomic E-state index is 0. The molecule has 3 N–H and O–H groups in total. The number of aliphatic imine (C=N–C) groups is 1. The van der Waals surface area contributed by atoms with Crippen molar-refractivity contribution in [3.8, 4) is 5.75 Å². The van der Waals surface area contributed by atoms with Crippen LogP contribution < -0.4 is 10.6 Å². The number of rotatable bonds is 6. The maximum absolute atomic E-state index is 9.26. The number of nitrogens with one attached hydrogen (secondary N) is 2. The van der Waals surface area contributed by atoms with Crippen molar-refractivity contribution in [2.45, 2.75) is 19.9 Å². The van der Waals surface area contributed by atoms with Crippen molar-refractivity contribution in [1.29, 1.82) is 0 Å². The van der Waals surface area contributed by atoms with Gasteiger partial charge in [0, 0.05) is 19.5 Å². The zero-order valence-electron chi connectivity index (χ0n) is 12.6. The number of hydrogen-bond donors (Lipinski definition) is 3. The van der Waals surface area contributed by atoms with E-state index in [2.05, 4.69) is 15.6 Å². The Balaban J connectivity index is 0.00000242. The smallest absolute Gasteiger partial charge is 0.191 e. The van der Waals surface area contributed by atoms with Gasteiger partial charge in [-0.25, -0.2) is 4.99 Å². The Hall–Kier alpha value is -1.70. The van der Waals surface area contributed by atoms with Crippen LogP contribution in [0, 0.1) is 0 Å². The summed E-state index contributed by atoms with van der Waals surface area (Å²) in [5, 5.41) is 15.7. The van der Waals surface area contributed by atoms with Crippen molar-refractivity contribution in [1.82, 2.24) is 10.6 Å². The van der Waals surface area contributed by atoms with Gasteiger partial charge in [0.25, 0.3) is 0 Å². The van der Waals surface area contributed by atoms with Gasteiger partial charge in [-0.15, -0.1) is 24.0 Å². The Kier molecular flexibility index (Phi) is 8.42. The van der Waals surface area contributed by atoms with Gasteiger partial charge in [0.2, 0.25) is 0 Å². The molecular formula is C16H22IN3O2. The lowest BCUT2D eigenvalue weighted by Gasteiger charge is -2.10. The second kappa shape index (κ2) is 10.1. The van der Waals surface area contributed by atoms with Gasteiger partial charge in [0.1, 0.15) is 11.5 Å². The van der Waals surface area contributed by atoms with E-state index in [0.717, 1.165) is 36.8 Å². The van der Waals surface area contributed by atoms with Crippen molar-refractivity contribution < 1.29 is 9.52 Å². The predicted molar refractivity (Wildman–Crippen MR) is 98.8 cm³/mol. The standard InChI is InChI=1S/C16H21N3O2.HI/c1-2-17-16(18-10-9-15-4-3-11-21-15)19-12-13-5-7-14(20)8-6-13;/h3-8,11,20H,2,9-10,12H2,1H3,(H2,17,18,19);1H. The molecule has 0 saturated carbocycles. The van der Waals surface area contributed by atoms with E-state index >= 15 is 0 Å². The molecule has 0 aliphatic carbocycles. The summed E-state index contributed by atoms with van der Waals surface area (Å²) in [6.07, 6.45) is 2.50. The van der Waals surface area contributed by atoms with E-state index in [0.29, 0.717) is 6.54 Å². The molecule has 2 rings (SSSR count). The molecule has 0 aliphatic rings. The van der Waals surface area contributed by atoms with Gasteiger partial charge in [0.15, 0.2) is 5.96 Å². The molecule has 22 heavy (non-hydrogen) atoms. The molecule has 6 heteroatoms. The molecule has 0 saturated heterocycles. The largest absolute Gasteiger partial charge is 0.508 e. The van der Waals surface area contributed by atoms with Crippen molar-refractivity contribution in [2.75, 3.05) is 13.1 Å². The highest BCUT2D eigenvalue weighted by molar-refractivity contribution is 14.0. The van der Waals surface area contributed by atoms with E-state index in [1.54, 1.807) is 18.4 Å². The molecule has 120 valence electrons. The van der Waals surface area contributed by atoms with Crippen LogP contribution in [0.4, 0.5) is 0 Å². The van der Waals surface area contributed by atoms with E-state index in [4.69, 9.17) is 4.42 Å². The Morgan fingerprint density at radius 1 is 1.18 bits per heavy atom. The van der Waals surface area contributed by atoms with Crippen LogP contribution in [0.3, 0.4) is 0 Å². The van der Waals surface area contributed by atoms with Crippen LogP contribution in [-0.4, -0.2) is 24.2 Å². The van der Waals surface area contributed by atoms with Crippen LogP contribution in [-0.2, 0) is 13.0 Å². The van der Waals surface area contributed by atoms with Gasteiger partial charge >= 0.3 is 0 Å². The molecule has 0 fully saturated rings. The van der Waals surface area contributed by atoms with Crippen LogP contribution in [0.1, 0.15) is 18.2 Å². The lowest BCUT2D eigenvalue weighted by Crippen LogP contribution is -2.38. The van der Waals surface area contributed by atoms with Crippen LogP contribution in [0.2, 0.25) is 0 Å². The molecule has 5 nitrogen and oxygen atoms in total. The van der Waals surface area contributed by atoms with E-state index in [-0.39, 0.29) is 29.7 Å². The van der Waals surface area contributed by atoms with E-state index < -0.39 is 0 Å². The second-order valence-corrected chi connectivity index (χ2v) is 4.62. The van der Waals surface area contributed by atoms with Gasteiger partial charge in [-0.05, 0) is 36.8 Å². The summed E-state index contributed by atoms with van der Waals surface area (Å²) in [7, 11) is 0. The van der Waals surface area contributed by atoms with Crippen LogP contribution >= 0.6 is 24.0 Å². The highest BCUT2D eigenvalue weighted by Crippen LogP contribution is 2.10. The average Bonchev–Trinajstić information content (AvgIpc) is 3.00. The number of phenols is 1. The summed E-state index contributed by atoms with van der Waals surface area (Å²) in [4.78, 5) is 4.51. The van der Waals surface area contributed by atoms with Gasteiger partial charge in [-0.2, -0.15) is 0 Å². The summed E-state index contributed by atoms with van der Waals surface area (Å²) in [5.41, 5.74) is 1.05. The maximum atomic E-state index is 9.26. The number of nitrogens with zero attached hydrogens (tertiary/aromatic N) is 1. The first kappa shape index (κ1) is 18.3. The maximum Gasteiger partial charge on any atom is 0.191 e. The zero-order chi connectivity index (χ0) is 14.9. The predicted octanol–water partition coefficient (Wildman–Crippen LogP) is 2.90. The number of phenolic OH excluding ortho intramolecular Hbond substituents is 1. The minimum Gasteiger partial charge on any atom is -0.508 e. The summed E-state index contributed by atoms with van der Waals surface area (Å²) in [6, 6.07) is 10.9. The Bertz CT molecular complexity index is 553. The monoisotopic (exact) mass is 415 g/mol. The first-order valence-corrected chi connectivity index (χ1v) is 7.10. The fourth-order valence-corrected chi connectivity index (χ4v) is 1.87. The van der Waals surface area contributed by atoms with Crippen LogP contribution in [0.15, 0.2) is 52.1 Å². The summed E-state index contributed by atoms with van der Waals surface area (Å²) >= 11 is 0.